The fourth-order valence-electron chi connectivity index (χ4n) is 2.50. The summed E-state index contributed by atoms with van der Waals surface area (Å²) in [4.78, 5) is 14.2. The van der Waals surface area contributed by atoms with Gasteiger partial charge in [0.25, 0.3) is 0 Å². The molecule has 0 amide bonds. The van der Waals surface area contributed by atoms with E-state index in [0.717, 1.165) is 31.6 Å². The highest BCUT2D eigenvalue weighted by atomic mass is 16.5. The first-order valence-corrected chi connectivity index (χ1v) is 7.24. The van der Waals surface area contributed by atoms with Gasteiger partial charge < -0.3 is 15.4 Å². The molecular weight excluding hydrogens is 252 g/mol. The van der Waals surface area contributed by atoms with Crippen LogP contribution in [0.5, 0.6) is 0 Å². The number of esters is 1. The lowest BCUT2D eigenvalue weighted by molar-refractivity contribution is 0.0527. The first-order valence-electron chi connectivity index (χ1n) is 7.24. The van der Waals surface area contributed by atoms with Gasteiger partial charge in [-0.3, -0.25) is 0 Å². The first-order chi connectivity index (χ1) is 9.43. The van der Waals surface area contributed by atoms with Gasteiger partial charge >= 0.3 is 5.97 Å². The van der Waals surface area contributed by atoms with Crippen molar-refractivity contribution in [2.24, 2.45) is 5.41 Å². The van der Waals surface area contributed by atoms with E-state index < -0.39 is 0 Å². The Labute approximate surface area is 120 Å². The Kier molecular flexibility index (Phi) is 4.21. The molecule has 4 nitrogen and oxygen atoms in total. The second-order valence-electron chi connectivity index (χ2n) is 6.14. The smallest absolute Gasteiger partial charge is 0.340 e. The number of nitrogens with zero attached hydrogens (tertiary/aromatic N) is 1. The lowest BCUT2D eigenvalue weighted by Gasteiger charge is -2.38. The van der Waals surface area contributed by atoms with E-state index >= 15 is 0 Å². The van der Waals surface area contributed by atoms with E-state index in [2.05, 4.69) is 18.7 Å². The first kappa shape index (κ1) is 14.7. The van der Waals surface area contributed by atoms with Gasteiger partial charge in [0.1, 0.15) is 0 Å². The molecule has 1 aliphatic rings. The average molecular weight is 276 g/mol. The fourth-order valence-corrected chi connectivity index (χ4v) is 2.50. The monoisotopic (exact) mass is 276 g/mol. The molecule has 0 aliphatic carbocycles. The van der Waals surface area contributed by atoms with Crippen molar-refractivity contribution >= 4 is 17.3 Å². The summed E-state index contributed by atoms with van der Waals surface area (Å²) in [5.74, 6) is -0.343. The third-order valence-electron chi connectivity index (χ3n) is 4.01. The molecule has 1 saturated heterocycles. The van der Waals surface area contributed by atoms with Crippen molar-refractivity contribution in [3.8, 4) is 0 Å². The number of benzene rings is 1. The van der Waals surface area contributed by atoms with Crippen molar-refractivity contribution < 1.29 is 9.53 Å². The lowest BCUT2D eigenvalue weighted by atomic mass is 9.82. The van der Waals surface area contributed by atoms with E-state index in [1.54, 1.807) is 13.0 Å². The molecule has 4 heteroatoms. The normalized spacial score (nSPS) is 17.9. The number of rotatable bonds is 3. The number of hydrogen-bond acceptors (Lipinski definition) is 4. The molecule has 0 radical (unpaired) electrons. The minimum Gasteiger partial charge on any atom is -0.462 e. The van der Waals surface area contributed by atoms with Crippen LogP contribution in [-0.2, 0) is 4.74 Å². The van der Waals surface area contributed by atoms with Gasteiger partial charge in [-0.15, -0.1) is 0 Å². The van der Waals surface area contributed by atoms with Crippen LogP contribution in [0.2, 0.25) is 0 Å². The van der Waals surface area contributed by atoms with Crippen molar-refractivity contribution in [3.63, 3.8) is 0 Å². The summed E-state index contributed by atoms with van der Waals surface area (Å²) < 4.78 is 5.05. The van der Waals surface area contributed by atoms with E-state index in [-0.39, 0.29) is 5.97 Å². The van der Waals surface area contributed by atoms with Gasteiger partial charge in [0.15, 0.2) is 0 Å². The zero-order valence-corrected chi connectivity index (χ0v) is 12.6. The number of hydrogen-bond donors (Lipinski definition) is 1. The molecule has 1 aromatic rings. The van der Waals surface area contributed by atoms with E-state index in [1.165, 1.54) is 0 Å². The third-order valence-corrected chi connectivity index (χ3v) is 4.01. The molecule has 1 fully saturated rings. The summed E-state index contributed by atoms with van der Waals surface area (Å²) in [5, 5.41) is 0. The van der Waals surface area contributed by atoms with Crippen LogP contribution in [-0.4, -0.2) is 25.7 Å². The highest BCUT2D eigenvalue weighted by Gasteiger charge is 2.26. The summed E-state index contributed by atoms with van der Waals surface area (Å²) in [6, 6.07) is 5.63. The maximum atomic E-state index is 11.9. The number of carbonyl (C=O) groups is 1. The SMILES string of the molecule is CCOC(=O)c1cc(N2CCC(C)(C)CC2)ccc1N. The number of anilines is 2. The zero-order valence-electron chi connectivity index (χ0n) is 12.6. The van der Waals surface area contributed by atoms with Crippen molar-refractivity contribution in [1.82, 2.24) is 0 Å². The van der Waals surface area contributed by atoms with Crippen LogP contribution in [0, 0.1) is 5.41 Å². The largest absolute Gasteiger partial charge is 0.462 e. The van der Waals surface area contributed by atoms with Crippen LogP contribution < -0.4 is 10.6 Å². The Morgan fingerprint density at radius 3 is 2.60 bits per heavy atom. The molecule has 0 unspecified atom stereocenters. The minimum atomic E-state index is -0.343. The van der Waals surface area contributed by atoms with Crippen LogP contribution in [0.25, 0.3) is 0 Å². The topological polar surface area (TPSA) is 55.6 Å². The summed E-state index contributed by atoms with van der Waals surface area (Å²) in [6.45, 7) is 8.79. The molecule has 0 bridgehead atoms. The molecule has 0 saturated carbocycles. The summed E-state index contributed by atoms with van der Waals surface area (Å²) >= 11 is 0. The summed E-state index contributed by atoms with van der Waals surface area (Å²) in [7, 11) is 0. The second kappa shape index (κ2) is 5.73. The van der Waals surface area contributed by atoms with Crippen LogP contribution >= 0.6 is 0 Å². The molecular formula is C16H24N2O2. The van der Waals surface area contributed by atoms with Gasteiger partial charge in [0.2, 0.25) is 0 Å². The maximum absolute atomic E-state index is 11.9. The number of ether oxygens (including phenoxy) is 1. The Bertz CT molecular complexity index is 487. The quantitative estimate of drug-likeness (QED) is 0.681. The average Bonchev–Trinajstić information content (AvgIpc) is 2.40. The summed E-state index contributed by atoms with van der Waals surface area (Å²) in [6.07, 6.45) is 2.32. The van der Waals surface area contributed by atoms with Gasteiger partial charge in [0.05, 0.1) is 12.2 Å². The van der Waals surface area contributed by atoms with Crippen molar-refractivity contribution in [3.05, 3.63) is 23.8 Å². The Hall–Kier alpha value is -1.71. The third kappa shape index (κ3) is 3.24. The number of piperidine rings is 1. The van der Waals surface area contributed by atoms with Gasteiger partial charge in [-0.05, 0) is 43.4 Å². The zero-order chi connectivity index (χ0) is 14.8. The Morgan fingerprint density at radius 1 is 1.35 bits per heavy atom. The lowest BCUT2D eigenvalue weighted by Crippen LogP contribution is -2.37. The van der Waals surface area contributed by atoms with Crippen LogP contribution in [0.1, 0.15) is 44.0 Å². The molecule has 0 atom stereocenters. The number of carbonyl (C=O) groups excluding carboxylic acids is 1. The predicted octanol–water partition coefficient (Wildman–Crippen LogP) is 3.07. The molecule has 0 aromatic heterocycles. The second-order valence-corrected chi connectivity index (χ2v) is 6.14. The van der Waals surface area contributed by atoms with Crippen molar-refractivity contribution in [2.45, 2.75) is 33.6 Å². The Balaban J connectivity index is 2.17. The molecule has 20 heavy (non-hydrogen) atoms. The van der Waals surface area contributed by atoms with Gasteiger partial charge in [0, 0.05) is 24.5 Å². The van der Waals surface area contributed by atoms with Crippen LogP contribution in [0.3, 0.4) is 0 Å². The molecule has 0 spiro atoms. The fraction of sp³-hybridized carbons (Fsp3) is 0.562. The van der Waals surface area contributed by atoms with Crippen LogP contribution in [0.4, 0.5) is 11.4 Å². The van der Waals surface area contributed by atoms with Crippen LogP contribution in [0.15, 0.2) is 18.2 Å². The Morgan fingerprint density at radius 2 is 2.00 bits per heavy atom. The number of nitrogens with two attached hydrogens (primary N) is 1. The predicted molar refractivity (Wildman–Crippen MR) is 82.0 cm³/mol. The minimum absolute atomic E-state index is 0.343. The summed E-state index contributed by atoms with van der Waals surface area (Å²) in [5.41, 5.74) is 8.28. The molecule has 1 heterocycles. The molecule has 110 valence electrons. The van der Waals surface area contributed by atoms with Crippen molar-refractivity contribution in [1.29, 1.82) is 0 Å². The van der Waals surface area contributed by atoms with Crippen molar-refractivity contribution in [2.75, 3.05) is 30.3 Å². The van der Waals surface area contributed by atoms with Gasteiger partial charge in [-0.2, -0.15) is 0 Å². The van der Waals surface area contributed by atoms with E-state index in [0.29, 0.717) is 23.3 Å². The van der Waals surface area contributed by atoms with E-state index in [9.17, 15) is 4.79 Å². The molecule has 2 N–H and O–H groups in total. The van der Waals surface area contributed by atoms with E-state index in [1.807, 2.05) is 12.1 Å². The highest BCUT2D eigenvalue weighted by molar-refractivity contribution is 5.96. The highest BCUT2D eigenvalue weighted by Crippen LogP contribution is 2.33. The number of nitrogen functional groups attached to an aromatic ring is 1. The maximum Gasteiger partial charge on any atom is 0.340 e. The van der Waals surface area contributed by atoms with Gasteiger partial charge in [-0.1, -0.05) is 13.8 Å². The van der Waals surface area contributed by atoms with Gasteiger partial charge in [-0.25, -0.2) is 4.79 Å². The van der Waals surface area contributed by atoms with E-state index in [4.69, 9.17) is 10.5 Å². The molecule has 1 aliphatic heterocycles. The molecule has 1 aromatic carbocycles. The standard InChI is InChI=1S/C16H24N2O2/c1-4-20-15(19)13-11-12(5-6-14(13)17)18-9-7-16(2,3)8-10-18/h5-6,11H,4,7-10,17H2,1-3H3. The molecule has 2 rings (SSSR count).